The molecule has 0 spiro atoms. The number of benzene rings is 2. The molecular weight excluding hydrogens is 410 g/mol. The van der Waals surface area contributed by atoms with E-state index in [1.54, 1.807) is 12.4 Å². The largest absolute Gasteiger partial charge is 0.372 e. The number of fused-ring (bicyclic) bond motifs is 1. The number of piperidine rings is 1. The summed E-state index contributed by atoms with van der Waals surface area (Å²) in [7, 11) is 0. The highest BCUT2D eigenvalue weighted by atomic mass is 15.2. The zero-order valence-electron chi connectivity index (χ0n) is 18.5. The maximum atomic E-state index is 4.66. The summed E-state index contributed by atoms with van der Waals surface area (Å²) >= 11 is 0. The van der Waals surface area contributed by atoms with E-state index in [2.05, 4.69) is 78.2 Å². The van der Waals surface area contributed by atoms with E-state index in [0.717, 1.165) is 35.4 Å². The third-order valence-electron chi connectivity index (χ3n) is 6.48. The van der Waals surface area contributed by atoms with Crippen molar-refractivity contribution in [1.29, 1.82) is 0 Å². The van der Waals surface area contributed by atoms with Crippen LogP contribution in [0.2, 0.25) is 0 Å². The van der Waals surface area contributed by atoms with Gasteiger partial charge in [-0.05, 0) is 73.9 Å². The van der Waals surface area contributed by atoms with Crippen LogP contribution in [0, 0.1) is 0 Å². The van der Waals surface area contributed by atoms with Crippen molar-refractivity contribution < 1.29 is 0 Å². The maximum absolute atomic E-state index is 4.66. The SMILES string of the molecule is c1cc(C2CC2)c2nncc(Nc3ccnc(Nc4ccc(N5CCCCC5)cc4)n3)c2c1. The highest BCUT2D eigenvalue weighted by Crippen LogP contribution is 2.43. The maximum Gasteiger partial charge on any atom is 0.229 e. The molecule has 0 unspecified atom stereocenters. The van der Waals surface area contributed by atoms with Gasteiger partial charge in [0.1, 0.15) is 5.82 Å². The van der Waals surface area contributed by atoms with Gasteiger partial charge in [-0.2, -0.15) is 15.2 Å². The van der Waals surface area contributed by atoms with Crippen molar-refractivity contribution in [3.8, 4) is 0 Å². The molecule has 3 heterocycles. The van der Waals surface area contributed by atoms with Gasteiger partial charge in [0.05, 0.1) is 17.4 Å². The first-order chi connectivity index (χ1) is 16.3. The minimum Gasteiger partial charge on any atom is -0.372 e. The van der Waals surface area contributed by atoms with Crippen LogP contribution in [0.5, 0.6) is 0 Å². The Labute approximate surface area is 193 Å². The summed E-state index contributed by atoms with van der Waals surface area (Å²) < 4.78 is 0. The van der Waals surface area contributed by atoms with Crippen LogP contribution in [0.4, 0.5) is 28.8 Å². The molecule has 7 heteroatoms. The molecule has 4 aromatic rings. The fourth-order valence-corrected chi connectivity index (χ4v) is 4.59. The van der Waals surface area contributed by atoms with Crippen molar-refractivity contribution >= 4 is 39.7 Å². The zero-order chi connectivity index (χ0) is 22.0. The van der Waals surface area contributed by atoms with Gasteiger partial charge < -0.3 is 15.5 Å². The summed E-state index contributed by atoms with van der Waals surface area (Å²) in [5.74, 6) is 1.88. The van der Waals surface area contributed by atoms with E-state index in [4.69, 9.17) is 0 Å². The van der Waals surface area contributed by atoms with Crippen LogP contribution < -0.4 is 15.5 Å². The quantitative estimate of drug-likeness (QED) is 0.396. The number of rotatable bonds is 6. The van der Waals surface area contributed by atoms with Gasteiger partial charge in [0.2, 0.25) is 5.95 Å². The lowest BCUT2D eigenvalue weighted by Gasteiger charge is -2.28. The molecule has 33 heavy (non-hydrogen) atoms. The van der Waals surface area contributed by atoms with Gasteiger partial charge in [0.25, 0.3) is 0 Å². The van der Waals surface area contributed by atoms with E-state index in [-0.39, 0.29) is 0 Å². The number of aromatic nitrogens is 4. The Bertz CT molecular complexity index is 1260. The molecule has 0 radical (unpaired) electrons. The molecule has 2 N–H and O–H groups in total. The molecule has 1 saturated carbocycles. The van der Waals surface area contributed by atoms with E-state index in [0.29, 0.717) is 17.7 Å². The second kappa shape index (κ2) is 8.65. The molecule has 166 valence electrons. The Morgan fingerprint density at radius 3 is 2.55 bits per heavy atom. The average Bonchev–Trinajstić information content (AvgIpc) is 3.71. The fraction of sp³-hybridized carbons (Fsp3) is 0.308. The molecule has 7 nitrogen and oxygen atoms in total. The van der Waals surface area contributed by atoms with Crippen molar-refractivity contribution in [2.75, 3.05) is 28.6 Å². The molecule has 1 aliphatic heterocycles. The summed E-state index contributed by atoms with van der Waals surface area (Å²) in [6.45, 7) is 2.29. The predicted molar refractivity (Wildman–Crippen MR) is 133 cm³/mol. The molecule has 1 saturated heterocycles. The monoisotopic (exact) mass is 437 g/mol. The Kier molecular flexibility index (Phi) is 5.22. The Morgan fingerprint density at radius 1 is 0.879 bits per heavy atom. The first-order valence-corrected chi connectivity index (χ1v) is 11.8. The van der Waals surface area contributed by atoms with Crippen LogP contribution in [0.15, 0.2) is 60.9 Å². The van der Waals surface area contributed by atoms with Gasteiger partial charge in [-0.25, -0.2) is 4.98 Å². The Balaban J connectivity index is 1.20. The summed E-state index contributed by atoms with van der Waals surface area (Å²) in [6, 6.07) is 16.7. The number of anilines is 5. The number of hydrogen-bond donors (Lipinski definition) is 2. The van der Waals surface area contributed by atoms with Gasteiger partial charge in [-0.1, -0.05) is 18.2 Å². The molecule has 0 amide bonds. The summed E-state index contributed by atoms with van der Waals surface area (Å²) in [5, 5.41) is 16.5. The minimum absolute atomic E-state index is 0.552. The summed E-state index contributed by atoms with van der Waals surface area (Å²) in [5.41, 5.74) is 5.42. The van der Waals surface area contributed by atoms with E-state index in [9.17, 15) is 0 Å². The third kappa shape index (κ3) is 4.31. The molecule has 0 atom stereocenters. The van der Waals surface area contributed by atoms with Crippen LogP contribution in [-0.4, -0.2) is 33.3 Å². The number of hydrogen-bond acceptors (Lipinski definition) is 7. The lowest BCUT2D eigenvalue weighted by atomic mass is 10.1. The second-order valence-corrected chi connectivity index (χ2v) is 8.89. The van der Waals surface area contributed by atoms with E-state index >= 15 is 0 Å². The zero-order valence-corrected chi connectivity index (χ0v) is 18.5. The fourth-order valence-electron chi connectivity index (χ4n) is 4.59. The molecule has 1 aliphatic carbocycles. The summed E-state index contributed by atoms with van der Waals surface area (Å²) in [6.07, 6.45) is 9.87. The van der Waals surface area contributed by atoms with Crippen molar-refractivity contribution in [2.24, 2.45) is 0 Å². The van der Waals surface area contributed by atoms with Gasteiger partial charge in [-0.3, -0.25) is 0 Å². The number of nitrogens with zero attached hydrogens (tertiary/aromatic N) is 5. The first-order valence-electron chi connectivity index (χ1n) is 11.8. The highest BCUT2D eigenvalue weighted by molar-refractivity contribution is 5.94. The second-order valence-electron chi connectivity index (χ2n) is 8.89. The van der Waals surface area contributed by atoms with Crippen LogP contribution in [0.3, 0.4) is 0 Å². The topological polar surface area (TPSA) is 78.9 Å². The predicted octanol–water partition coefficient (Wildman–Crippen LogP) is 5.77. The van der Waals surface area contributed by atoms with Crippen LogP contribution in [-0.2, 0) is 0 Å². The third-order valence-corrected chi connectivity index (χ3v) is 6.48. The van der Waals surface area contributed by atoms with Crippen molar-refractivity contribution in [2.45, 2.75) is 38.0 Å². The molecule has 2 aromatic carbocycles. The first kappa shape index (κ1) is 19.9. The van der Waals surface area contributed by atoms with E-state index < -0.39 is 0 Å². The number of nitrogens with one attached hydrogen (secondary N) is 2. The molecule has 2 fully saturated rings. The molecule has 2 aromatic heterocycles. The highest BCUT2D eigenvalue weighted by Gasteiger charge is 2.26. The van der Waals surface area contributed by atoms with Crippen molar-refractivity contribution in [1.82, 2.24) is 20.2 Å². The smallest absolute Gasteiger partial charge is 0.229 e. The van der Waals surface area contributed by atoms with E-state index in [1.807, 2.05) is 6.07 Å². The average molecular weight is 438 g/mol. The Morgan fingerprint density at radius 2 is 1.73 bits per heavy atom. The molecule has 2 aliphatic rings. The van der Waals surface area contributed by atoms with Crippen LogP contribution in [0.25, 0.3) is 10.9 Å². The van der Waals surface area contributed by atoms with Crippen LogP contribution >= 0.6 is 0 Å². The lowest BCUT2D eigenvalue weighted by Crippen LogP contribution is -2.29. The normalized spacial score (nSPS) is 16.1. The Hall–Kier alpha value is -3.74. The van der Waals surface area contributed by atoms with Gasteiger partial charge >= 0.3 is 0 Å². The summed E-state index contributed by atoms with van der Waals surface area (Å²) in [4.78, 5) is 11.5. The standard InChI is InChI=1S/C26H27N7/c1-2-15-33(16-3-1)20-11-9-19(10-12-20)29-26-27-14-13-24(31-26)30-23-17-28-32-25-21(18-7-8-18)5-4-6-22(23)25/h4-6,9-14,17-18H,1-3,7-8,15-16H2,(H2,27,29,30,31,32). The van der Waals surface area contributed by atoms with Crippen molar-refractivity contribution in [3.05, 3.63) is 66.5 Å². The van der Waals surface area contributed by atoms with Crippen molar-refractivity contribution in [3.63, 3.8) is 0 Å². The van der Waals surface area contributed by atoms with Crippen LogP contribution in [0.1, 0.15) is 43.6 Å². The lowest BCUT2D eigenvalue weighted by molar-refractivity contribution is 0.578. The molecule has 6 rings (SSSR count). The molecular formula is C26H27N7. The van der Waals surface area contributed by atoms with Gasteiger partial charge in [-0.15, -0.1) is 0 Å². The van der Waals surface area contributed by atoms with Gasteiger partial charge in [0, 0.05) is 36.0 Å². The van der Waals surface area contributed by atoms with E-state index in [1.165, 1.54) is 43.4 Å². The molecule has 0 bridgehead atoms. The minimum atomic E-state index is 0.552. The van der Waals surface area contributed by atoms with Gasteiger partial charge in [0.15, 0.2) is 0 Å².